The fourth-order valence-corrected chi connectivity index (χ4v) is 16.9. The highest BCUT2D eigenvalue weighted by atomic mass is 14.8. The standard InChI is InChI=1S/C86H50N4/c1-2-18-58-51(17-1)33-38-74-81(58)83-66-25-5-3-19-60(66)68(45-76(83)85(74)70-27-11-7-21-62(70)63-22-8-12-28-71(63)85)55-36-41-80(90-50-55)79-40-35-54(49-89-79)52-32-37-59-53(43-52)34-39-75-82(59)84-67-26-6-4-20-61(67)69(56-44-57(48-87-47-56)78-31-15-16-42-88-78)46-77(84)86(75)72-29-13-9-23-64(72)65-24-10-14-30-73(65)86/h1-50H. The number of nitrogens with zero attached hydrogens (tertiary/aromatic N) is 4. The summed E-state index contributed by atoms with van der Waals surface area (Å²) < 4.78 is 0. The lowest BCUT2D eigenvalue weighted by atomic mass is 9.70. The summed E-state index contributed by atoms with van der Waals surface area (Å²) in [4.78, 5) is 19.9. The molecule has 0 atom stereocenters. The van der Waals surface area contributed by atoms with Crippen molar-refractivity contribution in [1.29, 1.82) is 0 Å². The van der Waals surface area contributed by atoms with Crippen molar-refractivity contribution in [3.8, 4) is 101 Å². The van der Waals surface area contributed by atoms with Crippen molar-refractivity contribution >= 4 is 43.1 Å². The Kier molecular flexibility index (Phi) is 10.1. The summed E-state index contributed by atoms with van der Waals surface area (Å²) in [6.45, 7) is 0. The van der Waals surface area contributed by atoms with Crippen molar-refractivity contribution < 1.29 is 0 Å². The normalized spacial score (nSPS) is 13.7. The van der Waals surface area contributed by atoms with Gasteiger partial charge in [0, 0.05) is 53.2 Å². The van der Waals surface area contributed by atoms with Crippen LogP contribution in [0.25, 0.3) is 144 Å². The van der Waals surface area contributed by atoms with E-state index in [-0.39, 0.29) is 0 Å². The smallest absolute Gasteiger partial charge is 0.0886 e. The van der Waals surface area contributed by atoms with Gasteiger partial charge < -0.3 is 0 Å². The fraction of sp³-hybridized carbons (Fsp3) is 0.0233. The van der Waals surface area contributed by atoms with Crippen LogP contribution in [-0.4, -0.2) is 19.9 Å². The van der Waals surface area contributed by atoms with E-state index in [4.69, 9.17) is 19.9 Å². The first-order chi connectivity index (χ1) is 44.6. The minimum atomic E-state index is -0.559. The van der Waals surface area contributed by atoms with Crippen molar-refractivity contribution in [2.45, 2.75) is 10.8 Å². The van der Waals surface area contributed by atoms with Crippen LogP contribution >= 0.6 is 0 Å². The zero-order valence-corrected chi connectivity index (χ0v) is 48.7. The van der Waals surface area contributed by atoms with E-state index in [0.29, 0.717) is 0 Å². The average molecular weight is 1140 g/mol. The molecule has 4 heteroatoms. The van der Waals surface area contributed by atoms with E-state index in [1.807, 2.05) is 36.9 Å². The maximum absolute atomic E-state index is 5.21. The summed E-state index contributed by atoms with van der Waals surface area (Å²) in [5.41, 5.74) is 30.0. The van der Waals surface area contributed by atoms with Crippen LogP contribution in [0.1, 0.15) is 44.5 Å². The highest BCUT2D eigenvalue weighted by molar-refractivity contribution is 6.18. The second-order valence-corrected chi connectivity index (χ2v) is 24.6. The molecule has 4 aliphatic rings. The van der Waals surface area contributed by atoms with Crippen molar-refractivity contribution in [3.05, 3.63) is 348 Å². The van der Waals surface area contributed by atoms with Crippen molar-refractivity contribution in [3.63, 3.8) is 0 Å². The lowest BCUT2D eigenvalue weighted by Gasteiger charge is -2.31. The Labute approximate surface area is 519 Å². The zero-order valence-electron chi connectivity index (χ0n) is 48.7. The fourth-order valence-electron chi connectivity index (χ4n) is 16.9. The molecule has 0 unspecified atom stereocenters. The number of benzene rings is 12. The highest BCUT2D eigenvalue weighted by Crippen LogP contribution is 2.67. The minimum absolute atomic E-state index is 0.498. The maximum atomic E-state index is 5.21. The molecule has 16 aromatic rings. The van der Waals surface area contributed by atoms with Crippen molar-refractivity contribution in [2.75, 3.05) is 0 Å². The van der Waals surface area contributed by atoms with Gasteiger partial charge in [-0.15, -0.1) is 0 Å². The van der Waals surface area contributed by atoms with E-state index in [1.165, 1.54) is 138 Å². The van der Waals surface area contributed by atoms with Crippen LogP contribution in [0.5, 0.6) is 0 Å². The van der Waals surface area contributed by atoms with Crippen LogP contribution in [0.2, 0.25) is 0 Å². The molecule has 0 radical (unpaired) electrons. The largest absolute Gasteiger partial charge is 0.263 e. The van der Waals surface area contributed by atoms with Crippen LogP contribution < -0.4 is 0 Å². The van der Waals surface area contributed by atoms with Gasteiger partial charge in [0.1, 0.15) is 0 Å². The number of pyridine rings is 4. The number of hydrogen-bond acceptors (Lipinski definition) is 4. The van der Waals surface area contributed by atoms with Gasteiger partial charge in [-0.25, -0.2) is 0 Å². The molecule has 4 aromatic heterocycles. The molecule has 4 nitrogen and oxygen atoms in total. The van der Waals surface area contributed by atoms with E-state index >= 15 is 0 Å². The lowest BCUT2D eigenvalue weighted by Crippen LogP contribution is -2.26. The van der Waals surface area contributed by atoms with E-state index < -0.39 is 10.8 Å². The third-order valence-electron chi connectivity index (χ3n) is 20.5. The second-order valence-electron chi connectivity index (χ2n) is 24.6. The van der Waals surface area contributed by atoms with Crippen LogP contribution in [0.15, 0.2) is 304 Å². The minimum Gasteiger partial charge on any atom is -0.263 e. The van der Waals surface area contributed by atoms with E-state index in [0.717, 1.165) is 50.5 Å². The zero-order chi connectivity index (χ0) is 58.8. The molecule has 0 saturated carbocycles. The van der Waals surface area contributed by atoms with Gasteiger partial charge in [-0.1, -0.05) is 224 Å². The molecular weight excluding hydrogens is 1090 g/mol. The Hall–Kier alpha value is -11.7. The Morgan fingerprint density at radius 3 is 1.20 bits per heavy atom. The van der Waals surface area contributed by atoms with E-state index in [2.05, 4.69) is 267 Å². The topological polar surface area (TPSA) is 51.6 Å². The van der Waals surface area contributed by atoms with Crippen molar-refractivity contribution in [1.82, 2.24) is 19.9 Å². The third kappa shape index (κ3) is 6.48. The predicted octanol–water partition coefficient (Wildman–Crippen LogP) is 20.9. The first kappa shape index (κ1) is 49.4. The molecular formula is C86H50N4. The summed E-state index contributed by atoms with van der Waals surface area (Å²) in [7, 11) is 0. The van der Waals surface area contributed by atoms with Crippen molar-refractivity contribution in [2.24, 2.45) is 0 Å². The molecule has 0 aliphatic heterocycles. The van der Waals surface area contributed by atoms with Gasteiger partial charge in [0.25, 0.3) is 0 Å². The molecule has 20 rings (SSSR count). The molecule has 0 N–H and O–H groups in total. The number of rotatable bonds is 5. The van der Waals surface area contributed by atoms with E-state index in [9.17, 15) is 0 Å². The Balaban J connectivity index is 0.696. The van der Waals surface area contributed by atoms with Gasteiger partial charge in [-0.2, -0.15) is 0 Å². The SMILES string of the molecule is c1ccc(-c2cncc(-c3cc4c(c5ccccc35)-c3c(ccc5cc(-c6ccc(-c7ccc(-c8cc9c(c%10ccccc8%10)-c8c(ccc%10ccccc8%10)C98c9ccccc9-c9ccccc98)cn7)nc6)ccc35)C43c4ccccc4-c4ccccc43)c2)nc1. The van der Waals surface area contributed by atoms with Crippen LogP contribution in [0, 0.1) is 0 Å². The molecule has 4 heterocycles. The summed E-state index contributed by atoms with van der Waals surface area (Å²) in [5.74, 6) is 0. The van der Waals surface area contributed by atoms with Gasteiger partial charge in [0.15, 0.2) is 0 Å². The first-order valence-electron chi connectivity index (χ1n) is 31.1. The molecule has 414 valence electrons. The quantitative estimate of drug-likeness (QED) is 0.172. The molecule has 0 fully saturated rings. The Morgan fingerprint density at radius 2 is 0.656 bits per heavy atom. The lowest BCUT2D eigenvalue weighted by molar-refractivity contribution is 0.795. The number of hydrogen-bond donors (Lipinski definition) is 0. The molecule has 12 aromatic carbocycles. The van der Waals surface area contributed by atoms with Crippen LogP contribution in [0.4, 0.5) is 0 Å². The monoisotopic (exact) mass is 1140 g/mol. The summed E-state index contributed by atoms with van der Waals surface area (Å²) >= 11 is 0. The molecule has 0 amide bonds. The Bertz CT molecular complexity index is 5690. The average Bonchev–Trinajstić information content (AvgIpc) is 1.51. The summed E-state index contributed by atoms with van der Waals surface area (Å²) in [6, 6.07) is 102. The highest BCUT2D eigenvalue weighted by Gasteiger charge is 2.54. The van der Waals surface area contributed by atoms with Gasteiger partial charge >= 0.3 is 0 Å². The molecule has 0 saturated heterocycles. The third-order valence-corrected chi connectivity index (χ3v) is 20.5. The first-order valence-corrected chi connectivity index (χ1v) is 31.1. The molecule has 4 aliphatic carbocycles. The van der Waals surface area contributed by atoms with Gasteiger partial charge in [-0.05, 0) is 197 Å². The van der Waals surface area contributed by atoms with Crippen LogP contribution in [-0.2, 0) is 10.8 Å². The predicted molar refractivity (Wildman–Crippen MR) is 367 cm³/mol. The summed E-state index contributed by atoms with van der Waals surface area (Å²) in [5, 5.41) is 9.81. The maximum Gasteiger partial charge on any atom is 0.0886 e. The van der Waals surface area contributed by atoms with Gasteiger partial charge in [0.2, 0.25) is 0 Å². The second kappa shape index (κ2) is 18.4. The molecule has 90 heavy (non-hydrogen) atoms. The molecule has 2 spiro atoms. The number of aromatic nitrogens is 4. The summed E-state index contributed by atoms with van der Waals surface area (Å²) in [6.07, 6.45) is 9.84. The van der Waals surface area contributed by atoms with Gasteiger partial charge in [-0.3, -0.25) is 19.9 Å². The number of fused-ring (bicyclic) bond motifs is 28. The molecule has 0 bridgehead atoms. The van der Waals surface area contributed by atoms with Gasteiger partial charge in [0.05, 0.1) is 27.9 Å². The Morgan fingerprint density at radius 1 is 0.211 bits per heavy atom. The van der Waals surface area contributed by atoms with Crippen LogP contribution in [0.3, 0.4) is 0 Å². The van der Waals surface area contributed by atoms with E-state index in [1.54, 1.807) is 0 Å².